The van der Waals surface area contributed by atoms with Crippen LogP contribution in [0.5, 0.6) is 0 Å². The minimum Gasteiger partial charge on any atom is -0.465 e. The number of nitrogens with zero attached hydrogens (tertiary/aromatic N) is 2. The molecule has 0 saturated heterocycles. The molecule has 1 heterocycles. The molecule has 1 N–H and O–H groups in total. The number of hydrogen-bond donors (Lipinski definition) is 1. The molecule has 0 spiro atoms. The van der Waals surface area contributed by atoms with Crippen molar-refractivity contribution >= 4 is 17.7 Å². The van der Waals surface area contributed by atoms with Crippen LogP contribution in [0, 0.1) is 0 Å². The predicted molar refractivity (Wildman–Crippen MR) is 64.2 cm³/mol. The van der Waals surface area contributed by atoms with Gasteiger partial charge in [-0.3, -0.25) is 14.5 Å². The number of likely N-dealkylation sites (N-methyl/N-ethyl adjacent to an activating group) is 1. The molecule has 96 valence electrons. The summed E-state index contributed by atoms with van der Waals surface area (Å²) in [4.78, 5) is 29.3. The van der Waals surface area contributed by atoms with Crippen LogP contribution in [0.15, 0.2) is 24.3 Å². The van der Waals surface area contributed by atoms with Gasteiger partial charge in [-0.2, -0.15) is 0 Å². The largest absolute Gasteiger partial charge is 0.465 e. The van der Waals surface area contributed by atoms with Crippen molar-refractivity contribution in [2.75, 3.05) is 19.1 Å². The zero-order chi connectivity index (χ0) is 13.3. The van der Waals surface area contributed by atoms with Gasteiger partial charge in [-0.05, 0) is 11.6 Å². The number of hydroxylamine groups is 2. The van der Waals surface area contributed by atoms with Crippen LogP contribution in [0.25, 0.3) is 0 Å². The molecule has 0 radical (unpaired) electrons. The third-order valence-corrected chi connectivity index (χ3v) is 3.05. The molecule has 6 nitrogen and oxygen atoms in total. The number of rotatable bonds is 2. The average molecular weight is 250 g/mol. The normalized spacial score (nSPS) is 17.4. The van der Waals surface area contributed by atoms with E-state index in [2.05, 4.69) is 0 Å². The highest BCUT2D eigenvalue weighted by atomic mass is 16.7. The van der Waals surface area contributed by atoms with E-state index in [0.717, 1.165) is 15.5 Å². The topological polar surface area (TPSA) is 70.1 Å². The first-order valence-electron chi connectivity index (χ1n) is 5.48. The summed E-state index contributed by atoms with van der Waals surface area (Å²) in [5, 5.41) is 10.3. The molecule has 1 unspecified atom stereocenters. The van der Waals surface area contributed by atoms with E-state index >= 15 is 0 Å². The maximum atomic E-state index is 12.1. The fourth-order valence-electron chi connectivity index (χ4n) is 2.12. The number of carbonyl (C=O) groups excluding carboxylic acids is 1. The van der Waals surface area contributed by atoms with Crippen LogP contribution in [0.2, 0.25) is 0 Å². The van der Waals surface area contributed by atoms with Gasteiger partial charge in [0.05, 0.1) is 12.8 Å². The van der Waals surface area contributed by atoms with Crippen molar-refractivity contribution in [1.29, 1.82) is 0 Å². The molecule has 1 aliphatic heterocycles. The Labute approximate surface area is 104 Å². The number of hydrogen-bond acceptors (Lipinski definition) is 3. The maximum Gasteiger partial charge on any atom is 0.412 e. The highest BCUT2D eigenvalue weighted by Crippen LogP contribution is 2.32. The highest BCUT2D eigenvalue weighted by molar-refractivity contribution is 5.99. The number of benzene rings is 1. The zero-order valence-electron chi connectivity index (χ0n) is 10.2. The van der Waals surface area contributed by atoms with Crippen molar-refractivity contribution < 1.29 is 19.5 Å². The highest BCUT2D eigenvalue weighted by Gasteiger charge is 2.39. The van der Waals surface area contributed by atoms with Crippen molar-refractivity contribution in [2.24, 2.45) is 0 Å². The van der Waals surface area contributed by atoms with Crippen LogP contribution < -0.4 is 4.90 Å². The Morgan fingerprint density at radius 3 is 2.72 bits per heavy atom. The van der Waals surface area contributed by atoms with E-state index in [1.54, 1.807) is 12.1 Å². The minimum atomic E-state index is -1.14. The van der Waals surface area contributed by atoms with Crippen LogP contribution in [0.3, 0.4) is 0 Å². The minimum absolute atomic E-state index is 0.370. The number of amides is 2. The SMILES string of the molecule is CON(C)C(=O)C1Cc2ccccc2N1C(=O)O. The number of fused-ring (bicyclic) bond motifs is 1. The van der Waals surface area contributed by atoms with Crippen molar-refractivity contribution in [3.8, 4) is 0 Å². The van der Waals surface area contributed by atoms with Gasteiger partial charge >= 0.3 is 6.09 Å². The quantitative estimate of drug-likeness (QED) is 0.798. The summed E-state index contributed by atoms with van der Waals surface area (Å²) >= 11 is 0. The standard InChI is InChI=1S/C12H14N2O4/c1-13(18-2)11(15)10-7-8-5-3-4-6-9(8)14(10)12(16)17/h3-6,10H,7H2,1-2H3,(H,16,17). The summed E-state index contributed by atoms with van der Waals surface area (Å²) in [6, 6.07) is 6.34. The Bertz CT molecular complexity index is 489. The first-order chi connectivity index (χ1) is 8.56. The lowest BCUT2D eigenvalue weighted by Gasteiger charge is -2.24. The van der Waals surface area contributed by atoms with Crippen LogP contribution in [-0.2, 0) is 16.1 Å². The second-order valence-corrected chi connectivity index (χ2v) is 4.02. The smallest absolute Gasteiger partial charge is 0.412 e. The van der Waals surface area contributed by atoms with Gasteiger partial charge in [0.1, 0.15) is 6.04 Å². The van der Waals surface area contributed by atoms with Crippen molar-refractivity contribution in [3.63, 3.8) is 0 Å². The molecule has 1 atom stereocenters. The molecule has 6 heteroatoms. The van der Waals surface area contributed by atoms with Crippen LogP contribution in [0.4, 0.5) is 10.5 Å². The molecule has 1 aromatic rings. The van der Waals surface area contributed by atoms with Crippen LogP contribution in [0.1, 0.15) is 5.56 Å². The van der Waals surface area contributed by atoms with Crippen LogP contribution in [-0.4, -0.2) is 42.4 Å². The van der Waals surface area contributed by atoms with E-state index < -0.39 is 12.1 Å². The average Bonchev–Trinajstić information content (AvgIpc) is 2.76. The summed E-state index contributed by atoms with van der Waals surface area (Å²) < 4.78 is 0. The lowest BCUT2D eigenvalue weighted by Crippen LogP contribution is -2.47. The predicted octanol–water partition coefficient (Wildman–Crippen LogP) is 1.12. The molecule has 2 rings (SSSR count). The molecule has 0 aliphatic carbocycles. The summed E-state index contributed by atoms with van der Waals surface area (Å²) in [5.74, 6) is -0.379. The van der Waals surface area contributed by atoms with E-state index in [1.807, 2.05) is 12.1 Å². The third-order valence-electron chi connectivity index (χ3n) is 3.05. The molecule has 2 amide bonds. The van der Waals surface area contributed by atoms with Gasteiger partial charge < -0.3 is 5.11 Å². The van der Waals surface area contributed by atoms with E-state index in [4.69, 9.17) is 4.84 Å². The third kappa shape index (κ3) is 1.91. The van der Waals surface area contributed by atoms with E-state index in [-0.39, 0.29) is 5.91 Å². The molecule has 18 heavy (non-hydrogen) atoms. The van der Waals surface area contributed by atoms with Gasteiger partial charge in [-0.25, -0.2) is 9.86 Å². The first-order valence-corrected chi connectivity index (χ1v) is 5.48. The number of carboxylic acid groups (broad SMARTS) is 1. The van der Waals surface area contributed by atoms with Crippen molar-refractivity contribution in [3.05, 3.63) is 29.8 Å². The monoisotopic (exact) mass is 250 g/mol. The Balaban J connectivity index is 2.35. The van der Waals surface area contributed by atoms with Gasteiger partial charge in [0.15, 0.2) is 0 Å². The fourth-order valence-corrected chi connectivity index (χ4v) is 2.12. The lowest BCUT2D eigenvalue weighted by molar-refractivity contribution is -0.169. The van der Waals surface area contributed by atoms with Crippen LogP contribution >= 0.6 is 0 Å². The zero-order valence-corrected chi connectivity index (χ0v) is 10.2. The molecule has 0 aromatic heterocycles. The first kappa shape index (κ1) is 12.4. The summed E-state index contributed by atoms with van der Waals surface area (Å²) in [7, 11) is 2.83. The number of para-hydroxylation sites is 1. The molecule has 0 saturated carbocycles. The maximum absolute atomic E-state index is 12.1. The Hall–Kier alpha value is -2.08. The van der Waals surface area contributed by atoms with Gasteiger partial charge in [-0.15, -0.1) is 0 Å². The Morgan fingerprint density at radius 1 is 1.44 bits per heavy atom. The second kappa shape index (κ2) is 4.66. The van der Waals surface area contributed by atoms with Gasteiger partial charge in [0, 0.05) is 13.5 Å². The van der Waals surface area contributed by atoms with Crippen molar-refractivity contribution in [1.82, 2.24) is 5.06 Å². The molecule has 1 aromatic carbocycles. The van der Waals surface area contributed by atoms with Gasteiger partial charge in [0.2, 0.25) is 0 Å². The molecule has 1 aliphatic rings. The summed E-state index contributed by atoms with van der Waals surface area (Å²) in [6.07, 6.45) is -0.766. The molecule has 0 fully saturated rings. The number of anilines is 1. The summed E-state index contributed by atoms with van der Waals surface area (Å²) in [6.45, 7) is 0. The van der Waals surface area contributed by atoms with Gasteiger partial charge in [-0.1, -0.05) is 18.2 Å². The summed E-state index contributed by atoms with van der Waals surface area (Å²) in [5.41, 5.74) is 1.41. The van der Waals surface area contributed by atoms with E-state index in [9.17, 15) is 14.7 Å². The fraction of sp³-hybridized carbons (Fsp3) is 0.333. The molecular formula is C12H14N2O4. The number of carbonyl (C=O) groups is 2. The van der Waals surface area contributed by atoms with Crippen molar-refractivity contribution in [2.45, 2.75) is 12.5 Å². The molecular weight excluding hydrogens is 236 g/mol. The van der Waals surface area contributed by atoms with E-state index in [0.29, 0.717) is 12.1 Å². The van der Waals surface area contributed by atoms with E-state index in [1.165, 1.54) is 14.2 Å². The second-order valence-electron chi connectivity index (χ2n) is 4.02. The van der Waals surface area contributed by atoms with Gasteiger partial charge in [0.25, 0.3) is 5.91 Å². The molecule has 0 bridgehead atoms. The Morgan fingerprint density at radius 2 is 2.11 bits per heavy atom. The Kier molecular flexibility index (Phi) is 3.20. The lowest BCUT2D eigenvalue weighted by atomic mass is 10.1.